The van der Waals surface area contributed by atoms with Crippen LogP contribution in [-0.2, 0) is 11.2 Å². The van der Waals surface area contributed by atoms with Crippen LogP contribution in [0.3, 0.4) is 0 Å². The van der Waals surface area contributed by atoms with E-state index in [-0.39, 0.29) is 5.91 Å². The monoisotopic (exact) mass is 259 g/mol. The van der Waals surface area contributed by atoms with E-state index < -0.39 is 0 Å². The molecule has 0 radical (unpaired) electrons. The van der Waals surface area contributed by atoms with Gasteiger partial charge in [-0.25, -0.2) is 0 Å². The van der Waals surface area contributed by atoms with E-state index in [0.717, 1.165) is 44.6 Å². The molecule has 2 aliphatic heterocycles. The van der Waals surface area contributed by atoms with Gasteiger partial charge in [0.05, 0.1) is 6.54 Å². The molecule has 1 fully saturated rings. The number of carbonyl (C=O) groups is 1. The maximum atomic E-state index is 12.4. The van der Waals surface area contributed by atoms with Crippen molar-refractivity contribution in [3.63, 3.8) is 0 Å². The number of nitrogens with two attached hydrogens (primary N) is 1. The quantitative estimate of drug-likeness (QED) is 0.862. The fraction of sp³-hybridized carbons (Fsp3) is 0.533. The van der Waals surface area contributed by atoms with Gasteiger partial charge in [-0.2, -0.15) is 0 Å². The number of likely N-dealkylation sites (tertiary alicyclic amines) is 1. The van der Waals surface area contributed by atoms with E-state index in [1.54, 1.807) is 0 Å². The van der Waals surface area contributed by atoms with Crippen molar-refractivity contribution in [1.82, 2.24) is 4.90 Å². The summed E-state index contributed by atoms with van der Waals surface area (Å²) in [7, 11) is 0. The molecule has 1 amide bonds. The van der Waals surface area contributed by atoms with Gasteiger partial charge >= 0.3 is 0 Å². The SMILES string of the molecule is NC1CCN(CC(=O)N2CCc3ccccc32)CC1. The van der Waals surface area contributed by atoms with Gasteiger partial charge in [-0.1, -0.05) is 18.2 Å². The van der Waals surface area contributed by atoms with Crippen molar-refractivity contribution >= 4 is 11.6 Å². The normalized spacial score (nSPS) is 20.6. The first-order valence-corrected chi connectivity index (χ1v) is 7.10. The molecule has 0 atom stereocenters. The zero-order chi connectivity index (χ0) is 13.2. The predicted molar refractivity (Wildman–Crippen MR) is 76.1 cm³/mol. The third kappa shape index (κ3) is 2.65. The molecule has 1 aromatic carbocycles. The highest BCUT2D eigenvalue weighted by atomic mass is 16.2. The average molecular weight is 259 g/mol. The molecule has 0 aliphatic carbocycles. The summed E-state index contributed by atoms with van der Waals surface area (Å²) in [6.07, 6.45) is 2.99. The second-order valence-corrected chi connectivity index (χ2v) is 5.54. The average Bonchev–Trinajstić information content (AvgIpc) is 2.85. The Morgan fingerprint density at radius 3 is 2.74 bits per heavy atom. The molecule has 1 aromatic rings. The van der Waals surface area contributed by atoms with Crippen LogP contribution in [0.15, 0.2) is 24.3 Å². The third-order valence-electron chi connectivity index (χ3n) is 4.18. The Kier molecular flexibility index (Phi) is 3.53. The molecular formula is C15H21N3O. The molecule has 2 aliphatic rings. The Bertz CT molecular complexity index is 466. The largest absolute Gasteiger partial charge is 0.328 e. The lowest BCUT2D eigenvalue weighted by Gasteiger charge is -2.30. The molecule has 0 saturated carbocycles. The zero-order valence-corrected chi connectivity index (χ0v) is 11.2. The highest BCUT2D eigenvalue weighted by Crippen LogP contribution is 2.27. The van der Waals surface area contributed by atoms with Crippen molar-refractivity contribution in [2.45, 2.75) is 25.3 Å². The summed E-state index contributed by atoms with van der Waals surface area (Å²) >= 11 is 0. The maximum absolute atomic E-state index is 12.4. The lowest BCUT2D eigenvalue weighted by atomic mass is 10.1. The number of hydrogen-bond acceptors (Lipinski definition) is 3. The Balaban J connectivity index is 1.63. The molecular weight excluding hydrogens is 238 g/mol. The van der Waals surface area contributed by atoms with E-state index in [1.165, 1.54) is 5.56 Å². The van der Waals surface area contributed by atoms with Crippen molar-refractivity contribution in [1.29, 1.82) is 0 Å². The van der Waals surface area contributed by atoms with Crippen molar-refractivity contribution in [3.05, 3.63) is 29.8 Å². The minimum Gasteiger partial charge on any atom is -0.328 e. The summed E-state index contributed by atoms with van der Waals surface area (Å²) in [5, 5.41) is 0. The van der Waals surface area contributed by atoms with Crippen molar-refractivity contribution in [2.75, 3.05) is 31.1 Å². The van der Waals surface area contributed by atoms with Gasteiger partial charge in [-0.05, 0) is 30.9 Å². The first-order valence-electron chi connectivity index (χ1n) is 7.10. The zero-order valence-electron chi connectivity index (χ0n) is 11.2. The molecule has 0 spiro atoms. The van der Waals surface area contributed by atoms with E-state index in [9.17, 15) is 4.79 Å². The number of piperidine rings is 1. The van der Waals surface area contributed by atoms with Crippen LogP contribution in [-0.4, -0.2) is 43.0 Å². The molecule has 0 aromatic heterocycles. The van der Waals surface area contributed by atoms with Gasteiger partial charge in [0, 0.05) is 31.4 Å². The predicted octanol–water partition coefficient (Wildman–Crippen LogP) is 0.999. The van der Waals surface area contributed by atoms with Gasteiger partial charge in [-0.3, -0.25) is 9.69 Å². The van der Waals surface area contributed by atoms with Crippen LogP contribution in [0.4, 0.5) is 5.69 Å². The Hall–Kier alpha value is -1.39. The molecule has 102 valence electrons. The van der Waals surface area contributed by atoms with Gasteiger partial charge in [0.2, 0.25) is 5.91 Å². The molecule has 0 unspecified atom stereocenters. The summed E-state index contributed by atoms with van der Waals surface area (Å²) in [6, 6.07) is 8.52. The minimum atomic E-state index is 0.223. The molecule has 2 N–H and O–H groups in total. The van der Waals surface area contributed by atoms with Crippen molar-refractivity contribution < 1.29 is 4.79 Å². The number of amides is 1. The number of hydrogen-bond donors (Lipinski definition) is 1. The summed E-state index contributed by atoms with van der Waals surface area (Å²) in [6.45, 7) is 3.25. The van der Waals surface area contributed by atoms with Crippen LogP contribution < -0.4 is 10.6 Å². The molecule has 1 saturated heterocycles. The number of para-hydroxylation sites is 1. The molecule has 4 heteroatoms. The van der Waals surface area contributed by atoms with Crippen LogP contribution in [0.5, 0.6) is 0 Å². The Morgan fingerprint density at radius 2 is 1.95 bits per heavy atom. The van der Waals surface area contributed by atoms with Crippen LogP contribution in [0.1, 0.15) is 18.4 Å². The first-order chi connectivity index (χ1) is 9.24. The van der Waals surface area contributed by atoms with E-state index in [1.807, 2.05) is 23.1 Å². The molecule has 3 rings (SSSR count). The number of anilines is 1. The molecule has 4 nitrogen and oxygen atoms in total. The smallest absolute Gasteiger partial charge is 0.241 e. The molecule has 2 heterocycles. The van der Waals surface area contributed by atoms with Crippen molar-refractivity contribution in [2.24, 2.45) is 5.73 Å². The second-order valence-electron chi connectivity index (χ2n) is 5.54. The fourth-order valence-electron chi connectivity index (χ4n) is 2.98. The van der Waals surface area contributed by atoms with Gasteiger partial charge in [0.1, 0.15) is 0 Å². The standard InChI is InChI=1S/C15H21N3O/c16-13-6-8-17(9-7-13)11-15(19)18-10-5-12-3-1-2-4-14(12)18/h1-4,13H,5-11,16H2. The third-order valence-corrected chi connectivity index (χ3v) is 4.18. The van der Waals surface area contributed by atoms with E-state index >= 15 is 0 Å². The van der Waals surface area contributed by atoms with E-state index in [0.29, 0.717) is 12.6 Å². The van der Waals surface area contributed by atoms with Gasteiger partial charge in [-0.15, -0.1) is 0 Å². The minimum absolute atomic E-state index is 0.223. The van der Waals surface area contributed by atoms with Gasteiger partial charge < -0.3 is 10.6 Å². The number of rotatable bonds is 2. The Labute approximate surface area is 114 Å². The van der Waals surface area contributed by atoms with Crippen LogP contribution in [0, 0.1) is 0 Å². The number of benzene rings is 1. The van der Waals surface area contributed by atoms with Gasteiger partial charge in [0.15, 0.2) is 0 Å². The lowest BCUT2D eigenvalue weighted by Crippen LogP contribution is -2.45. The number of carbonyl (C=O) groups excluding carboxylic acids is 1. The van der Waals surface area contributed by atoms with Crippen LogP contribution in [0.2, 0.25) is 0 Å². The second kappa shape index (κ2) is 5.31. The summed E-state index contributed by atoms with van der Waals surface area (Å²) in [5.74, 6) is 0.223. The van der Waals surface area contributed by atoms with Gasteiger partial charge in [0.25, 0.3) is 0 Å². The van der Waals surface area contributed by atoms with Crippen LogP contribution in [0.25, 0.3) is 0 Å². The molecule has 0 bridgehead atoms. The summed E-state index contributed by atoms with van der Waals surface area (Å²) in [5.41, 5.74) is 8.28. The van der Waals surface area contributed by atoms with E-state index in [4.69, 9.17) is 5.73 Å². The first kappa shape index (κ1) is 12.6. The maximum Gasteiger partial charge on any atom is 0.241 e. The highest BCUT2D eigenvalue weighted by Gasteiger charge is 2.26. The fourth-order valence-corrected chi connectivity index (χ4v) is 2.98. The Morgan fingerprint density at radius 1 is 1.21 bits per heavy atom. The van der Waals surface area contributed by atoms with Crippen LogP contribution >= 0.6 is 0 Å². The number of fused-ring (bicyclic) bond motifs is 1. The summed E-state index contributed by atoms with van der Waals surface area (Å²) < 4.78 is 0. The topological polar surface area (TPSA) is 49.6 Å². The lowest BCUT2D eigenvalue weighted by molar-refractivity contribution is -0.119. The highest BCUT2D eigenvalue weighted by molar-refractivity contribution is 5.96. The van der Waals surface area contributed by atoms with E-state index in [2.05, 4.69) is 11.0 Å². The summed E-state index contributed by atoms with van der Waals surface area (Å²) in [4.78, 5) is 16.6. The molecule has 19 heavy (non-hydrogen) atoms. The van der Waals surface area contributed by atoms with Crippen molar-refractivity contribution in [3.8, 4) is 0 Å². The number of nitrogens with zero attached hydrogens (tertiary/aromatic N) is 2.